The largest absolute Gasteiger partial charge is 0.352 e. The van der Waals surface area contributed by atoms with E-state index in [2.05, 4.69) is 22.1 Å². The van der Waals surface area contributed by atoms with Crippen LogP contribution in [0.5, 0.6) is 0 Å². The van der Waals surface area contributed by atoms with Gasteiger partial charge in [-0.3, -0.25) is 4.99 Å². The van der Waals surface area contributed by atoms with Crippen molar-refractivity contribution in [3.05, 3.63) is 34.9 Å². The molecular formula is C15H23ClIN3. The highest BCUT2D eigenvalue weighted by Crippen LogP contribution is 2.17. The fraction of sp³-hybridized carbons (Fsp3) is 0.533. The Labute approximate surface area is 143 Å². The van der Waals surface area contributed by atoms with Crippen LogP contribution in [0.4, 0.5) is 0 Å². The van der Waals surface area contributed by atoms with E-state index in [-0.39, 0.29) is 24.0 Å². The van der Waals surface area contributed by atoms with Gasteiger partial charge in [0.05, 0.1) is 0 Å². The number of rotatable bonds is 2. The molecule has 0 aromatic heterocycles. The van der Waals surface area contributed by atoms with Gasteiger partial charge in [-0.2, -0.15) is 0 Å². The van der Waals surface area contributed by atoms with Crippen molar-refractivity contribution in [1.82, 2.24) is 10.2 Å². The van der Waals surface area contributed by atoms with Crippen molar-refractivity contribution >= 4 is 41.5 Å². The predicted octanol–water partition coefficient (Wildman–Crippen LogP) is 3.77. The zero-order valence-electron chi connectivity index (χ0n) is 12.1. The number of guanidine groups is 1. The van der Waals surface area contributed by atoms with E-state index in [9.17, 15) is 0 Å². The number of aliphatic imine (C=N–C) groups is 1. The van der Waals surface area contributed by atoms with Crippen LogP contribution in [0.15, 0.2) is 29.3 Å². The van der Waals surface area contributed by atoms with Crippen molar-refractivity contribution in [3.8, 4) is 0 Å². The fourth-order valence-electron chi connectivity index (χ4n) is 2.37. The van der Waals surface area contributed by atoms with Crippen LogP contribution in [-0.4, -0.2) is 31.0 Å². The van der Waals surface area contributed by atoms with Gasteiger partial charge in [0.15, 0.2) is 5.96 Å². The molecule has 0 amide bonds. The first kappa shape index (κ1) is 17.6. The zero-order chi connectivity index (χ0) is 13.7. The summed E-state index contributed by atoms with van der Waals surface area (Å²) in [6.45, 7) is 5.21. The fourth-order valence-corrected chi connectivity index (χ4v) is 2.57. The number of hydrogen-bond donors (Lipinski definition) is 1. The van der Waals surface area contributed by atoms with Gasteiger partial charge >= 0.3 is 0 Å². The van der Waals surface area contributed by atoms with Crippen molar-refractivity contribution in [2.75, 3.05) is 20.1 Å². The van der Waals surface area contributed by atoms with Crippen molar-refractivity contribution < 1.29 is 0 Å². The van der Waals surface area contributed by atoms with E-state index in [1.807, 2.05) is 31.3 Å². The summed E-state index contributed by atoms with van der Waals surface area (Å²) in [5.41, 5.74) is 1.11. The molecule has 0 atom stereocenters. The minimum Gasteiger partial charge on any atom is -0.352 e. The molecule has 0 radical (unpaired) electrons. The number of benzene rings is 1. The lowest BCUT2D eigenvalue weighted by molar-refractivity contribution is 0.273. The topological polar surface area (TPSA) is 27.6 Å². The van der Waals surface area contributed by atoms with Gasteiger partial charge in [0.1, 0.15) is 0 Å². The second-order valence-electron chi connectivity index (χ2n) is 5.16. The smallest absolute Gasteiger partial charge is 0.193 e. The summed E-state index contributed by atoms with van der Waals surface area (Å²) in [5.74, 6) is 1.81. The normalized spacial score (nSPS) is 16.8. The van der Waals surface area contributed by atoms with E-state index in [1.54, 1.807) is 0 Å². The molecule has 0 unspecified atom stereocenters. The molecule has 1 N–H and O–H groups in total. The first-order valence-electron chi connectivity index (χ1n) is 6.89. The highest BCUT2D eigenvalue weighted by atomic mass is 127. The third-order valence-corrected chi connectivity index (χ3v) is 4.06. The minimum absolute atomic E-state index is 0. The summed E-state index contributed by atoms with van der Waals surface area (Å²) in [6, 6.07) is 7.92. The molecule has 1 fully saturated rings. The molecule has 1 aliphatic heterocycles. The molecule has 1 aromatic rings. The summed E-state index contributed by atoms with van der Waals surface area (Å²) in [5, 5.41) is 4.21. The molecular weight excluding hydrogens is 385 g/mol. The number of likely N-dealkylation sites (tertiary alicyclic amines) is 1. The van der Waals surface area contributed by atoms with Crippen LogP contribution in [0.2, 0.25) is 5.02 Å². The second-order valence-corrected chi connectivity index (χ2v) is 5.57. The van der Waals surface area contributed by atoms with Crippen LogP contribution in [0, 0.1) is 5.92 Å². The molecule has 1 heterocycles. The summed E-state index contributed by atoms with van der Waals surface area (Å²) in [7, 11) is 1.84. The number of nitrogens with zero attached hydrogens (tertiary/aromatic N) is 2. The Hall–Kier alpha value is -0.490. The lowest BCUT2D eigenvalue weighted by Gasteiger charge is -2.33. The third-order valence-electron chi connectivity index (χ3n) is 3.69. The van der Waals surface area contributed by atoms with Gasteiger partial charge in [-0.1, -0.05) is 36.7 Å². The Bertz CT molecular complexity index is 442. The Balaban J connectivity index is 0.00000200. The Morgan fingerprint density at radius 1 is 1.35 bits per heavy atom. The molecule has 2 rings (SSSR count). The van der Waals surface area contributed by atoms with Gasteiger partial charge in [0.25, 0.3) is 0 Å². The third kappa shape index (κ3) is 4.81. The molecule has 0 spiro atoms. The Morgan fingerprint density at radius 3 is 2.60 bits per heavy atom. The van der Waals surface area contributed by atoms with Gasteiger partial charge in [0, 0.05) is 31.7 Å². The molecule has 1 aliphatic rings. The SMILES string of the molecule is CN=C(NCc1ccccc1Cl)N1CCC(C)CC1.I. The number of halogens is 2. The standard InChI is InChI=1S/C15H22ClN3.HI/c1-12-7-9-19(10-8-12)15(17-2)18-11-13-5-3-4-6-14(13)16;/h3-6,12H,7-11H2,1-2H3,(H,17,18);1H. The summed E-state index contributed by atoms with van der Waals surface area (Å²) in [4.78, 5) is 6.70. The maximum absolute atomic E-state index is 6.16. The van der Waals surface area contributed by atoms with Crippen LogP contribution in [0.3, 0.4) is 0 Å². The van der Waals surface area contributed by atoms with Crippen LogP contribution in [0.25, 0.3) is 0 Å². The molecule has 1 aromatic carbocycles. The lowest BCUT2D eigenvalue weighted by atomic mass is 10.00. The van der Waals surface area contributed by atoms with Crippen molar-refractivity contribution in [3.63, 3.8) is 0 Å². The molecule has 0 saturated carbocycles. The number of piperidine rings is 1. The molecule has 0 bridgehead atoms. The molecule has 20 heavy (non-hydrogen) atoms. The van der Waals surface area contributed by atoms with Gasteiger partial charge < -0.3 is 10.2 Å². The van der Waals surface area contributed by atoms with E-state index in [1.165, 1.54) is 12.8 Å². The molecule has 5 heteroatoms. The first-order valence-corrected chi connectivity index (χ1v) is 7.27. The Morgan fingerprint density at radius 2 is 2.00 bits per heavy atom. The van der Waals surface area contributed by atoms with E-state index < -0.39 is 0 Å². The van der Waals surface area contributed by atoms with Crippen molar-refractivity contribution in [2.24, 2.45) is 10.9 Å². The van der Waals surface area contributed by atoms with Gasteiger partial charge in [0.2, 0.25) is 0 Å². The van der Waals surface area contributed by atoms with Gasteiger partial charge in [-0.15, -0.1) is 24.0 Å². The average Bonchev–Trinajstić information content (AvgIpc) is 2.43. The van der Waals surface area contributed by atoms with E-state index >= 15 is 0 Å². The monoisotopic (exact) mass is 407 g/mol. The van der Waals surface area contributed by atoms with Crippen LogP contribution in [-0.2, 0) is 6.54 Å². The van der Waals surface area contributed by atoms with Crippen LogP contribution >= 0.6 is 35.6 Å². The van der Waals surface area contributed by atoms with Crippen molar-refractivity contribution in [1.29, 1.82) is 0 Å². The minimum atomic E-state index is 0. The van der Waals surface area contributed by atoms with Gasteiger partial charge in [-0.25, -0.2) is 0 Å². The number of hydrogen-bond acceptors (Lipinski definition) is 1. The zero-order valence-corrected chi connectivity index (χ0v) is 15.2. The highest BCUT2D eigenvalue weighted by Gasteiger charge is 2.18. The maximum Gasteiger partial charge on any atom is 0.193 e. The molecule has 0 aliphatic carbocycles. The lowest BCUT2D eigenvalue weighted by Crippen LogP contribution is -2.45. The quantitative estimate of drug-likeness (QED) is 0.459. The van der Waals surface area contributed by atoms with Crippen LogP contribution < -0.4 is 5.32 Å². The Kier molecular flexibility index (Phi) is 7.66. The number of nitrogens with one attached hydrogen (secondary N) is 1. The summed E-state index contributed by atoms with van der Waals surface area (Å²) >= 11 is 6.16. The van der Waals surface area contributed by atoms with Crippen molar-refractivity contribution in [2.45, 2.75) is 26.3 Å². The second kappa shape index (κ2) is 8.72. The molecule has 3 nitrogen and oxygen atoms in total. The maximum atomic E-state index is 6.16. The molecule has 112 valence electrons. The average molecular weight is 408 g/mol. The first-order chi connectivity index (χ1) is 9.20. The van der Waals surface area contributed by atoms with Crippen LogP contribution in [0.1, 0.15) is 25.3 Å². The highest BCUT2D eigenvalue weighted by molar-refractivity contribution is 14.0. The summed E-state index contributed by atoms with van der Waals surface area (Å²) in [6.07, 6.45) is 2.49. The van der Waals surface area contributed by atoms with Gasteiger partial charge in [-0.05, 0) is 30.4 Å². The molecule has 1 saturated heterocycles. The van der Waals surface area contributed by atoms with E-state index in [0.717, 1.165) is 42.1 Å². The summed E-state index contributed by atoms with van der Waals surface area (Å²) < 4.78 is 0. The predicted molar refractivity (Wildman–Crippen MR) is 97.0 cm³/mol. The van der Waals surface area contributed by atoms with E-state index in [4.69, 9.17) is 11.6 Å². The van der Waals surface area contributed by atoms with E-state index in [0.29, 0.717) is 0 Å².